The van der Waals surface area contributed by atoms with Gasteiger partial charge in [-0.15, -0.1) is 0 Å². The number of nitrogen functional groups attached to an aromatic ring is 1. The maximum Gasteiger partial charge on any atom is 0.0706 e. The molecule has 0 amide bonds. The summed E-state index contributed by atoms with van der Waals surface area (Å²) in [7, 11) is 0. The Bertz CT molecular complexity index is 435. The molecule has 0 aliphatic rings. The largest absolute Gasteiger partial charge is 0.399 e. The number of fused-ring (bicyclic) bond motifs is 1. The summed E-state index contributed by atoms with van der Waals surface area (Å²) < 4.78 is 0. The molecule has 0 bridgehead atoms. The molecule has 2 aromatic rings. The van der Waals surface area contributed by atoms with Crippen molar-refractivity contribution >= 4 is 16.6 Å². The smallest absolute Gasteiger partial charge is 0.0706 e. The first kappa shape index (κ1) is 8.05. The van der Waals surface area contributed by atoms with Crippen LogP contribution in [0.1, 0.15) is 12.6 Å². The standard InChI is InChI=1S/C11H12N2/c1-2-10-5-3-8-7-9(12)4-6-11(8)13-10/h3-7H,2,12H2,1H3. The van der Waals surface area contributed by atoms with Crippen molar-refractivity contribution in [2.75, 3.05) is 5.73 Å². The lowest BCUT2D eigenvalue weighted by molar-refractivity contribution is 1.06. The predicted molar refractivity (Wildman–Crippen MR) is 55.5 cm³/mol. The molecule has 2 nitrogen and oxygen atoms in total. The molecule has 66 valence electrons. The number of aryl methyl sites for hydroxylation is 1. The van der Waals surface area contributed by atoms with E-state index in [0.717, 1.165) is 28.7 Å². The Morgan fingerprint density at radius 3 is 2.85 bits per heavy atom. The molecule has 0 fully saturated rings. The fraction of sp³-hybridized carbons (Fsp3) is 0.182. The monoisotopic (exact) mass is 172 g/mol. The molecule has 13 heavy (non-hydrogen) atoms. The molecule has 0 atom stereocenters. The molecule has 0 aliphatic heterocycles. The number of nitrogens with zero attached hydrogens (tertiary/aromatic N) is 1. The molecular weight excluding hydrogens is 160 g/mol. The fourth-order valence-corrected chi connectivity index (χ4v) is 1.38. The van der Waals surface area contributed by atoms with Crippen molar-refractivity contribution < 1.29 is 0 Å². The van der Waals surface area contributed by atoms with E-state index in [4.69, 9.17) is 5.73 Å². The SMILES string of the molecule is CCc1ccc2cc(N)ccc2n1. The summed E-state index contributed by atoms with van der Waals surface area (Å²) in [5, 5.41) is 1.11. The van der Waals surface area contributed by atoms with Gasteiger partial charge in [0.15, 0.2) is 0 Å². The maximum absolute atomic E-state index is 5.67. The lowest BCUT2D eigenvalue weighted by atomic mass is 10.1. The molecule has 2 heteroatoms. The van der Waals surface area contributed by atoms with Crippen LogP contribution in [0.3, 0.4) is 0 Å². The number of hydrogen-bond acceptors (Lipinski definition) is 2. The van der Waals surface area contributed by atoms with Gasteiger partial charge in [-0.1, -0.05) is 13.0 Å². The molecule has 2 N–H and O–H groups in total. The third-order valence-electron chi connectivity index (χ3n) is 2.13. The van der Waals surface area contributed by atoms with Crippen LogP contribution in [0.15, 0.2) is 30.3 Å². The Morgan fingerprint density at radius 2 is 2.08 bits per heavy atom. The summed E-state index contributed by atoms with van der Waals surface area (Å²) in [6.45, 7) is 2.10. The second kappa shape index (κ2) is 3.05. The normalized spacial score (nSPS) is 10.5. The van der Waals surface area contributed by atoms with E-state index in [9.17, 15) is 0 Å². The molecule has 2 rings (SSSR count). The number of anilines is 1. The predicted octanol–water partition coefficient (Wildman–Crippen LogP) is 2.38. The molecule has 0 saturated carbocycles. The number of pyridine rings is 1. The van der Waals surface area contributed by atoms with Crippen LogP contribution < -0.4 is 5.73 Å². The van der Waals surface area contributed by atoms with E-state index in [0.29, 0.717) is 0 Å². The average molecular weight is 172 g/mol. The first-order chi connectivity index (χ1) is 6.29. The van der Waals surface area contributed by atoms with E-state index in [1.165, 1.54) is 0 Å². The molecule has 0 spiro atoms. The molecule has 1 aromatic carbocycles. The van der Waals surface area contributed by atoms with E-state index in [1.807, 2.05) is 24.3 Å². The number of hydrogen-bond donors (Lipinski definition) is 1. The summed E-state index contributed by atoms with van der Waals surface area (Å²) in [6.07, 6.45) is 0.973. The van der Waals surface area contributed by atoms with Crippen LogP contribution in [-0.2, 0) is 6.42 Å². The molecule has 1 heterocycles. The zero-order valence-electron chi connectivity index (χ0n) is 7.62. The quantitative estimate of drug-likeness (QED) is 0.671. The van der Waals surface area contributed by atoms with Gasteiger partial charge >= 0.3 is 0 Å². The van der Waals surface area contributed by atoms with Gasteiger partial charge in [0.05, 0.1) is 5.52 Å². The molecule has 0 aliphatic carbocycles. The third-order valence-corrected chi connectivity index (χ3v) is 2.13. The highest BCUT2D eigenvalue weighted by Gasteiger charge is 1.96. The van der Waals surface area contributed by atoms with Crippen molar-refractivity contribution in [3.05, 3.63) is 36.0 Å². The highest BCUT2D eigenvalue weighted by molar-refractivity contribution is 5.81. The van der Waals surface area contributed by atoms with Crippen LogP contribution >= 0.6 is 0 Å². The van der Waals surface area contributed by atoms with Gasteiger partial charge in [0.2, 0.25) is 0 Å². The Kier molecular flexibility index (Phi) is 1.89. The summed E-state index contributed by atoms with van der Waals surface area (Å²) in [4.78, 5) is 4.48. The van der Waals surface area contributed by atoms with Crippen LogP contribution in [-0.4, -0.2) is 4.98 Å². The van der Waals surface area contributed by atoms with Crippen LogP contribution in [0.5, 0.6) is 0 Å². The minimum absolute atomic E-state index is 0.790. The summed E-state index contributed by atoms with van der Waals surface area (Å²) in [6, 6.07) is 9.90. The Balaban J connectivity index is 2.66. The van der Waals surface area contributed by atoms with Crippen molar-refractivity contribution in [2.24, 2.45) is 0 Å². The summed E-state index contributed by atoms with van der Waals surface area (Å²) in [5.74, 6) is 0. The van der Waals surface area contributed by atoms with Gasteiger partial charge in [-0.05, 0) is 30.7 Å². The Morgan fingerprint density at radius 1 is 1.23 bits per heavy atom. The van der Waals surface area contributed by atoms with Gasteiger partial charge in [0.25, 0.3) is 0 Å². The number of nitrogens with two attached hydrogens (primary N) is 1. The van der Waals surface area contributed by atoms with Crippen molar-refractivity contribution in [3.63, 3.8) is 0 Å². The fourth-order valence-electron chi connectivity index (χ4n) is 1.38. The molecule has 0 saturated heterocycles. The lowest BCUT2D eigenvalue weighted by Gasteiger charge is -2.00. The molecule has 0 radical (unpaired) electrons. The van der Waals surface area contributed by atoms with Crippen molar-refractivity contribution in [3.8, 4) is 0 Å². The van der Waals surface area contributed by atoms with Crippen molar-refractivity contribution in [2.45, 2.75) is 13.3 Å². The molecule has 0 unspecified atom stereocenters. The highest BCUT2D eigenvalue weighted by atomic mass is 14.7. The van der Waals surface area contributed by atoms with Crippen LogP contribution in [0.25, 0.3) is 10.9 Å². The van der Waals surface area contributed by atoms with Gasteiger partial charge in [0.1, 0.15) is 0 Å². The average Bonchev–Trinajstić information content (AvgIpc) is 2.17. The zero-order valence-corrected chi connectivity index (χ0v) is 7.62. The minimum Gasteiger partial charge on any atom is -0.399 e. The van der Waals surface area contributed by atoms with Crippen molar-refractivity contribution in [1.29, 1.82) is 0 Å². The highest BCUT2D eigenvalue weighted by Crippen LogP contribution is 2.15. The number of benzene rings is 1. The van der Waals surface area contributed by atoms with E-state index in [2.05, 4.69) is 18.0 Å². The van der Waals surface area contributed by atoms with Gasteiger partial charge in [0, 0.05) is 16.8 Å². The van der Waals surface area contributed by atoms with E-state index < -0.39 is 0 Å². The second-order valence-corrected chi connectivity index (χ2v) is 3.11. The second-order valence-electron chi connectivity index (χ2n) is 3.11. The maximum atomic E-state index is 5.67. The van der Waals surface area contributed by atoms with Crippen LogP contribution in [0.4, 0.5) is 5.69 Å². The van der Waals surface area contributed by atoms with E-state index in [-0.39, 0.29) is 0 Å². The lowest BCUT2D eigenvalue weighted by Crippen LogP contribution is -1.89. The summed E-state index contributed by atoms with van der Waals surface area (Å²) in [5.41, 5.74) is 8.60. The van der Waals surface area contributed by atoms with E-state index >= 15 is 0 Å². The minimum atomic E-state index is 0.790. The van der Waals surface area contributed by atoms with Gasteiger partial charge in [-0.25, -0.2) is 0 Å². The Hall–Kier alpha value is -1.57. The van der Waals surface area contributed by atoms with Gasteiger partial charge in [-0.3, -0.25) is 4.98 Å². The van der Waals surface area contributed by atoms with Crippen LogP contribution in [0.2, 0.25) is 0 Å². The first-order valence-corrected chi connectivity index (χ1v) is 4.45. The third kappa shape index (κ3) is 1.47. The zero-order chi connectivity index (χ0) is 9.26. The summed E-state index contributed by atoms with van der Waals surface area (Å²) >= 11 is 0. The molecular formula is C11H12N2. The number of rotatable bonds is 1. The van der Waals surface area contributed by atoms with Crippen LogP contribution in [0, 0.1) is 0 Å². The number of aromatic nitrogens is 1. The van der Waals surface area contributed by atoms with Gasteiger partial charge in [-0.2, -0.15) is 0 Å². The molecule has 1 aromatic heterocycles. The first-order valence-electron chi connectivity index (χ1n) is 4.45. The van der Waals surface area contributed by atoms with E-state index in [1.54, 1.807) is 0 Å². The Labute approximate surface area is 77.4 Å². The van der Waals surface area contributed by atoms with Gasteiger partial charge < -0.3 is 5.73 Å². The topological polar surface area (TPSA) is 38.9 Å². The van der Waals surface area contributed by atoms with Crippen molar-refractivity contribution in [1.82, 2.24) is 4.98 Å².